The maximum absolute atomic E-state index is 11.9. The molecular weight excluding hydrogens is 280 g/mol. The molecule has 3 aromatic rings. The monoisotopic (exact) mass is 298 g/mol. The lowest BCUT2D eigenvalue weighted by Crippen LogP contribution is -2.14. The highest BCUT2D eigenvalue weighted by Gasteiger charge is 2.16. The summed E-state index contributed by atoms with van der Waals surface area (Å²) in [4.78, 5) is 11.9. The summed E-state index contributed by atoms with van der Waals surface area (Å²) in [6, 6.07) is 1.59. The molecular formula is C15H18N6O. The Morgan fingerprint density at radius 1 is 1.23 bits per heavy atom. The summed E-state index contributed by atoms with van der Waals surface area (Å²) in [5.74, 6) is 2.03. The van der Waals surface area contributed by atoms with Gasteiger partial charge in [0.1, 0.15) is 11.5 Å². The molecule has 0 N–H and O–H groups in total. The quantitative estimate of drug-likeness (QED) is 0.710. The van der Waals surface area contributed by atoms with E-state index in [0.29, 0.717) is 11.9 Å². The second kappa shape index (κ2) is 5.08. The molecule has 7 nitrogen and oxygen atoms in total. The van der Waals surface area contributed by atoms with Gasteiger partial charge in [0.25, 0.3) is 0 Å². The molecule has 0 saturated heterocycles. The van der Waals surface area contributed by atoms with Crippen LogP contribution in [0.4, 0.5) is 0 Å². The van der Waals surface area contributed by atoms with Crippen molar-refractivity contribution < 1.29 is 0 Å². The van der Waals surface area contributed by atoms with Crippen LogP contribution in [-0.4, -0.2) is 29.1 Å². The molecule has 0 unspecified atom stereocenters. The lowest BCUT2D eigenvalue weighted by Gasteiger charge is -2.11. The number of aromatic nitrogens is 6. The summed E-state index contributed by atoms with van der Waals surface area (Å²) in [7, 11) is 1.85. The van der Waals surface area contributed by atoms with Gasteiger partial charge in [0.05, 0.1) is 18.1 Å². The minimum absolute atomic E-state index is 0.000535. The molecule has 0 aromatic carbocycles. The topological polar surface area (TPSA) is 70.5 Å². The van der Waals surface area contributed by atoms with Gasteiger partial charge in [0.2, 0.25) is 0 Å². The smallest absolute Gasteiger partial charge is 0.192 e. The van der Waals surface area contributed by atoms with Gasteiger partial charge in [-0.15, -0.1) is 10.2 Å². The van der Waals surface area contributed by atoms with Gasteiger partial charge in [-0.1, -0.05) is 6.42 Å². The van der Waals surface area contributed by atoms with Crippen LogP contribution < -0.4 is 5.43 Å². The van der Waals surface area contributed by atoms with Crippen molar-refractivity contribution in [1.29, 1.82) is 0 Å². The molecule has 1 aliphatic rings. The van der Waals surface area contributed by atoms with Crippen LogP contribution in [0.2, 0.25) is 0 Å². The molecule has 0 bridgehead atoms. The van der Waals surface area contributed by atoms with Crippen LogP contribution >= 0.6 is 0 Å². The lowest BCUT2D eigenvalue weighted by atomic mass is 10.2. The molecule has 3 aromatic heterocycles. The Morgan fingerprint density at radius 2 is 2.14 bits per heavy atom. The van der Waals surface area contributed by atoms with E-state index in [-0.39, 0.29) is 5.43 Å². The van der Waals surface area contributed by atoms with Crippen molar-refractivity contribution >= 4 is 11.0 Å². The first-order valence-corrected chi connectivity index (χ1v) is 7.66. The third-order valence-electron chi connectivity index (χ3n) is 4.35. The molecule has 0 radical (unpaired) electrons. The Balaban J connectivity index is 1.79. The van der Waals surface area contributed by atoms with Crippen molar-refractivity contribution in [2.45, 2.75) is 38.8 Å². The molecule has 1 aliphatic heterocycles. The van der Waals surface area contributed by atoms with Crippen LogP contribution in [0.3, 0.4) is 0 Å². The summed E-state index contributed by atoms with van der Waals surface area (Å²) < 4.78 is 5.98. The van der Waals surface area contributed by atoms with E-state index in [1.165, 1.54) is 19.3 Å². The zero-order valence-electron chi connectivity index (χ0n) is 12.6. The molecule has 0 fully saturated rings. The Bertz CT molecular complexity index is 887. The van der Waals surface area contributed by atoms with Crippen LogP contribution in [0.25, 0.3) is 11.0 Å². The highest BCUT2D eigenvalue weighted by Crippen LogP contribution is 2.16. The fraction of sp³-hybridized carbons (Fsp3) is 0.467. The highest BCUT2D eigenvalue weighted by atomic mass is 16.1. The van der Waals surface area contributed by atoms with E-state index in [9.17, 15) is 4.79 Å². The van der Waals surface area contributed by atoms with Crippen LogP contribution in [0.5, 0.6) is 0 Å². The average Bonchev–Trinajstić information content (AvgIpc) is 2.99. The Kier molecular flexibility index (Phi) is 3.06. The maximum Gasteiger partial charge on any atom is 0.192 e. The minimum atomic E-state index is -0.000535. The van der Waals surface area contributed by atoms with Crippen molar-refractivity contribution in [2.75, 3.05) is 0 Å². The van der Waals surface area contributed by atoms with E-state index < -0.39 is 0 Å². The predicted octanol–water partition coefficient (Wildman–Crippen LogP) is 1.10. The van der Waals surface area contributed by atoms with Crippen molar-refractivity contribution in [3.63, 3.8) is 0 Å². The van der Waals surface area contributed by atoms with Gasteiger partial charge < -0.3 is 9.13 Å². The van der Waals surface area contributed by atoms with Crippen LogP contribution in [0.1, 0.15) is 30.9 Å². The second-order valence-corrected chi connectivity index (χ2v) is 5.81. The normalized spacial score (nSPS) is 15.0. The summed E-state index contributed by atoms with van der Waals surface area (Å²) >= 11 is 0. The second-order valence-electron chi connectivity index (χ2n) is 5.81. The van der Waals surface area contributed by atoms with Crippen LogP contribution in [-0.2, 0) is 26.6 Å². The molecule has 0 spiro atoms. The molecule has 114 valence electrons. The Morgan fingerprint density at radius 3 is 3.05 bits per heavy atom. The van der Waals surface area contributed by atoms with E-state index in [1.54, 1.807) is 16.9 Å². The van der Waals surface area contributed by atoms with E-state index in [2.05, 4.69) is 19.9 Å². The molecule has 7 heteroatoms. The molecule has 4 rings (SSSR count). The standard InChI is InChI=1S/C15H18N6O/c1-19-15-11(9-16-19)12(22)6-8-20(15)10-14-18-17-13-5-3-2-4-7-21(13)14/h6,8-9H,2-5,7,10H2,1H3. The molecule has 4 heterocycles. The van der Waals surface area contributed by atoms with E-state index in [0.717, 1.165) is 30.3 Å². The van der Waals surface area contributed by atoms with Crippen molar-refractivity contribution in [3.05, 3.63) is 40.3 Å². The Hall–Kier alpha value is -2.44. The average molecular weight is 298 g/mol. The lowest BCUT2D eigenvalue weighted by molar-refractivity contribution is 0.588. The molecule has 0 saturated carbocycles. The van der Waals surface area contributed by atoms with Gasteiger partial charge in [-0.05, 0) is 12.8 Å². The molecule has 0 atom stereocenters. The molecule has 22 heavy (non-hydrogen) atoms. The van der Waals surface area contributed by atoms with Gasteiger partial charge in [0.15, 0.2) is 11.3 Å². The summed E-state index contributed by atoms with van der Waals surface area (Å²) in [5.41, 5.74) is 0.817. The largest absolute Gasteiger partial charge is 0.325 e. The summed E-state index contributed by atoms with van der Waals surface area (Å²) in [6.07, 6.45) is 8.03. The number of nitrogens with zero attached hydrogens (tertiary/aromatic N) is 6. The van der Waals surface area contributed by atoms with Gasteiger partial charge in [-0.3, -0.25) is 9.48 Å². The minimum Gasteiger partial charge on any atom is -0.325 e. The number of hydrogen-bond donors (Lipinski definition) is 0. The molecule has 0 aliphatic carbocycles. The van der Waals surface area contributed by atoms with E-state index >= 15 is 0 Å². The first-order valence-electron chi connectivity index (χ1n) is 7.66. The zero-order chi connectivity index (χ0) is 15.1. The SMILES string of the molecule is Cn1ncc2c(=O)ccn(Cc3nnc4n3CCCCC4)c21. The van der Waals surface area contributed by atoms with Crippen molar-refractivity contribution in [2.24, 2.45) is 7.05 Å². The predicted molar refractivity (Wildman–Crippen MR) is 81.7 cm³/mol. The van der Waals surface area contributed by atoms with E-state index in [1.807, 2.05) is 17.8 Å². The molecule has 0 amide bonds. The Labute approximate surface area is 127 Å². The highest BCUT2D eigenvalue weighted by molar-refractivity contribution is 5.74. The summed E-state index contributed by atoms with van der Waals surface area (Å²) in [5, 5.41) is 13.5. The number of hydrogen-bond acceptors (Lipinski definition) is 4. The van der Waals surface area contributed by atoms with E-state index in [4.69, 9.17) is 0 Å². The zero-order valence-corrected chi connectivity index (χ0v) is 12.6. The maximum atomic E-state index is 11.9. The fourth-order valence-corrected chi connectivity index (χ4v) is 3.21. The fourth-order valence-electron chi connectivity index (χ4n) is 3.21. The number of aryl methyl sites for hydroxylation is 2. The van der Waals surface area contributed by atoms with Gasteiger partial charge >= 0.3 is 0 Å². The third kappa shape index (κ3) is 2.04. The van der Waals surface area contributed by atoms with Gasteiger partial charge in [0, 0.05) is 32.3 Å². The number of fused-ring (bicyclic) bond motifs is 2. The van der Waals surface area contributed by atoms with Crippen molar-refractivity contribution in [1.82, 2.24) is 29.1 Å². The first kappa shape index (κ1) is 13.2. The number of pyridine rings is 1. The van der Waals surface area contributed by atoms with Crippen LogP contribution in [0.15, 0.2) is 23.3 Å². The van der Waals surface area contributed by atoms with Crippen molar-refractivity contribution in [3.8, 4) is 0 Å². The van der Waals surface area contributed by atoms with Gasteiger partial charge in [-0.2, -0.15) is 5.10 Å². The number of rotatable bonds is 2. The first-order chi connectivity index (χ1) is 10.7. The third-order valence-corrected chi connectivity index (χ3v) is 4.35. The summed E-state index contributed by atoms with van der Waals surface area (Å²) in [6.45, 7) is 1.58. The van der Waals surface area contributed by atoms with Gasteiger partial charge in [-0.25, -0.2) is 0 Å². The van der Waals surface area contributed by atoms with Crippen LogP contribution in [0, 0.1) is 0 Å².